The van der Waals surface area contributed by atoms with E-state index in [9.17, 15) is 19.2 Å². The number of carbonyl (C=O) groups excluding carboxylic acids is 4. The number of carbonyl (C=O) groups is 4. The molecule has 2 atom stereocenters. The Bertz CT molecular complexity index is 2050. The number of fused-ring (bicyclic) bond motifs is 7. The maximum absolute atomic E-state index is 13.7. The molecule has 0 aromatic heterocycles. The van der Waals surface area contributed by atoms with Crippen LogP contribution in [-0.4, -0.2) is 66.3 Å². The lowest BCUT2D eigenvalue weighted by atomic mass is 9.98. The summed E-state index contributed by atoms with van der Waals surface area (Å²) in [5.74, 6) is -0.329. The van der Waals surface area contributed by atoms with Crippen LogP contribution in [0.5, 0.6) is 0 Å². The Kier molecular flexibility index (Phi) is 11.1. The van der Waals surface area contributed by atoms with E-state index in [0.717, 1.165) is 45.5 Å². The molecule has 0 fully saturated rings. The van der Waals surface area contributed by atoms with E-state index in [4.69, 9.17) is 21.2 Å². The fourth-order valence-corrected chi connectivity index (χ4v) is 7.43. The van der Waals surface area contributed by atoms with Crippen molar-refractivity contribution in [3.63, 3.8) is 0 Å². The first kappa shape index (κ1) is 36.5. The van der Waals surface area contributed by atoms with E-state index in [-0.39, 0.29) is 18.4 Å². The molecule has 54 heavy (non-hydrogen) atoms. The highest BCUT2D eigenvalue weighted by Crippen LogP contribution is 2.44. The van der Waals surface area contributed by atoms with E-state index in [1.54, 1.807) is 23.1 Å². The summed E-state index contributed by atoms with van der Waals surface area (Å²) in [5, 5.41) is 8.61. The number of unbranched alkanes of at least 4 members (excludes halogenated alkanes) is 2. The second-order valence-electron chi connectivity index (χ2n) is 13.9. The monoisotopic (exact) mass is 727 g/mol. The Morgan fingerprint density at radius 3 is 2.20 bits per heavy atom. The van der Waals surface area contributed by atoms with E-state index >= 15 is 0 Å². The van der Waals surface area contributed by atoms with Crippen molar-refractivity contribution in [2.45, 2.75) is 63.1 Å². The minimum atomic E-state index is -0.872. The van der Waals surface area contributed by atoms with Crippen molar-refractivity contribution >= 4 is 41.0 Å². The number of amidine groups is 1. The number of nitrogens with one attached hydrogen (secondary N) is 3. The van der Waals surface area contributed by atoms with Crippen LogP contribution in [0.1, 0.15) is 77.1 Å². The number of amides is 4. The van der Waals surface area contributed by atoms with Crippen LogP contribution in [0.15, 0.2) is 96.0 Å². The van der Waals surface area contributed by atoms with Crippen molar-refractivity contribution in [1.29, 1.82) is 0 Å². The molecule has 3 aliphatic rings. The Labute approximate surface area is 314 Å². The normalized spacial score (nSPS) is 14.8. The molecule has 278 valence electrons. The molecular formula is C42H45N7O5. The van der Waals surface area contributed by atoms with Gasteiger partial charge < -0.3 is 32.2 Å². The number of ether oxygens (including phenoxy) is 1. The number of anilines is 1. The van der Waals surface area contributed by atoms with Gasteiger partial charge in [0.25, 0.3) is 5.91 Å². The van der Waals surface area contributed by atoms with E-state index in [2.05, 4.69) is 40.2 Å². The van der Waals surface area contributed by atoms with Crippen LogP contribution >= 0.6 is 0 Å². The maximum atomic E-state index is 13.7. The van der Waals surface area contributed by atoms with Gasteiger partial charge in [-0.3, -0.25) is 19.3 Å². The first-order chi connectivity index (χ1) is 26.3. The van der Waals surface area contributed by atoms with Gasteiger partial charge in [-0.05, 0) is 90.7 Å². The van der Waals surface area contributed by atoms with Crippen molar-refractivity contribution in [3.05, 3.63) is 119 Å². The molecule has 0 bridgehead atoms. The number of alkyl carbamates (subject to hydrolysis) is 1. The Morgan fingerprint density at radius 1 is 0.815 bits per heavy atom. The lowest BCUT2D eigenvalue weighted by Crippen LogP contribution is -2.50. The standard InChI is InChI=1S/C42H45N7O5/c43-21-9-7-17-35(44)39(50)48-37(18-8-10-22-45-42(53)54-25-34-30-13-3-1-11-28(30)29-12-2-4-14-31(29)34)40(51)46-27-19-20-36-26(23-27)24-49-38(47-36)32-15-5-6-16-33(32)41(49)52/h1-6,11-16,19-20,23,34-35,37H,7-10,17-18,21-22,24-25,43-44H2,(H,45,53)(H,46,51)(H,48,50)/t35-,37-/m0/s1. The number of hydrogen-bond donors (Lipinski definition) is 5. The molecule has 7 rings (SSSR count). The quantitative estimate of drug-likeness (QED) is 0.103. The van der Waals surface area contributed by atoms with Gasteiger partial charge in [0.1, 0.15) is 18.5 Å². The molecular weight excluding hydrogens is 683 g/mol. The highest BCUT2D eigenvalue weighted by atomic mass is 16.5. The Hall–Kier alpha value is -5.85. The van der Waals surface area contributed by atoms with Gasteiger partial charge in [0, 0.05) is 23.7 Å². The van der Waals surface area contributed by atoms with E-state index in [1.165, 1.54) is 0 Å². The zero-order valence-corrected chi connectivity index (χ0v) is 30.1. The van der Waals surface area contributed by atoms with Gasteiger partial charge in [-0.2, -0.15) is 0 Å². The predicted molar refractivity (Wildman–Crippen MR) is 207 cm³/mol. The minimum absolute atomic E-state index is 0.0344. The molecule has 0 spiro atoms. The van der Waals surface area contributed by atoms with Gasteiger partial charge in [-0.1, -0.05) is 73.2 Å². The fraction of sp³-hybridized carbons (Fsp3) is 0.310. The van der Waals surface area contributed by atoms with Crippen LogP contribution < -0.4 is 27.4 Å². The Morgan fingerprint density at radius 2 is 1.48 bits per heavy atom. The van der Waals surface area contributed by atoms with Crippen LogP contribution in [0.25, 0.3) is 11.1 Å². The molecule has 0 unspecified atom stereocenters. The molecule has 1 aliphatic carbocycles. The second-order valence-corrected chi connectivity index (χ2v) is 13.9. The third-order valence-corrected chi connectivity index (χ3v) is 10.3. The van der Waals surface area contributed by atoms with Gasteiger partial charge >= 0.3 is 6.09 Å². The van der Waals surface area contributed by atoms with Crippen molar-refractivity contribution in [1.82, 2.24) is 15.5 Å². The SMILES string of the molecule is NCCCC[C@H](N)C(=O)N[C@@H](CCCCNC(=O)OCC1c2ccccc2-c2ccccc21)C(=O)Nc1ccc2c(c1)CN1C(=O)c3ccccc3C1=N2. The van der Waals surface area contributed by atoms with Crippen LogP contribution in [0.3, 0.4) is 0 Å². The zero-order valence-electron chi connectivity index (χ0n) is 30.1. The molecule has 12 nitrogen and oxygen atoms in total. The average molecular weight is 728 g/mol. The molecule has 4 aromatic carbocycles. The molecule has 0 saturated heterocycles. The zero-order chi connectivity index (χ0) is 37.6. The largest absolute Gasteiger partial charge is 0.449 e. The summed E-state index contributed by atoms with van der Waals surface area (Å²) >= 11 is 0. The fourth-order valence-electron chi connectivity index (χ4n) is 7.43. The summed E-state index contributed by atoms with van der Waals surface area (Å²) in [5.41, 5.74) is 19.8. The van der Waals surface area contributed by atoms with Gasteiger partial charge in [0.15, 0.2) is 0 Å². The van der Waals surface area contributed by atoms with Gasteiger partial charge in [0.2, 0.25) is 11.8 Å². The summed E-state index contributed by atoms with van der Waals surface area (Å²) in [6.45, 7) is 1.39. The summed E-state index contributed by atoms with van der Waals surface area (Å²) < 4.78 is 5.65. The third-order valence-electron chi connectivity index (χ3n) is 10.3. The third kappa shape index (κ3) is 7.75. The first-order valence-corrected chi connectivity index (χ1v) is 18.6. The van der Waals surface area contributed by atoms with Crippen LogP contribution in [0, 0.1) is 0 Å². The summed E-state index contributed by atoms with van der Waals surface area (Å²) in [6.07, 6.45) is 2.80. The number of rotatable bonds is 15. The second kappa shape index (κ2) is 16.4. The average Bonchev–Trinajstić information content (AvgIpc) is 3.66. The minimum Gasteiger partial charge on any atom is -0.449 e. The topological polar surface area (TPSA) is 181 Å². The molecule has 7 N–H and O–H groups in total. The van der Waals surface area contributed by atoms with Gasteiger partial charge in [-0.15, -0.1) is 0 Å². The molecule has 2 aliphatic heterocycles. The molecule has 4 amide bonds. The van der Waals surface area contributed by atoms with Gasteiger partial charge in [0.05, 0.1) is 23.8 Å². The van der Waals surface area contributed by atoms with E-state index in [0.29, 0.717) is 68.8 Å². The maximum Gasteiger partial charge on any atom is 0.407 e. The number of hydrogen-bond acceptors (Lipinski definition) is 8. The summed E-state index contributed by atoms with van der Waals surface area (Å²) in [4.78, 5) is 58.9. The number of nitrogens with zero attached hydrogens (tertiary/aromatic N) is 2. The highest BCUT2D eigenvalue weighted by molar-refractivity contribution is 6.24. The lowest BCUT2D eigenvalue weighted by Gasteiger charge is -2.24. The molecule has 2 heterocycles. The van der Waals surface area contributed by atoms with Crippen molar-refractivity contribution in [3.8, 4) is 11.1 Å². The number of aliphatic imine (C=N–C) groups is 1. The number of benzene rings is 4. The van der Waals surface area contributed by atoms with Crippen LogP contribution in [0.2, 0.25) is 0 Å². The summed E-state index contributed by atoms with van der Waals surface area (Å²) in [6, 6.07) is 27.5. The smallest absolute Gasteiger partial charge is 0.407 e. The van der Waals surface area contributed by atoms with Crippen molar-refractivity contribution < 1.29 is 23.9 Å². The summed E-state index contributed by atoms with van der Waals surface area (Å²) in [7, 11) is 0. The first-order valence-electron chi connectivity index (χ1n) is 18.6. The van der Waals surface area contributed by atoms with Crippen LogP contribution in [0.4, 0.5) is 16.2 Å². The number of nitrogens with two attached hydrogens (primary N) is 2. The van der Waals surface area contributed by atoms with Crippen molar-refractivity contribution in [2.75, 3.05) is 25.0 Å². The molecule has 0 saturated carbocycles. The van der Waals surface area contributed by atoms with Gasteiger partial charge in [-0.25, -0.2) is 9.79 Å². The lowest BCUT2D eigenvalue weighted by molar-refractivity contribution is -0.127. The molecule has 4 aromatic rings. The van der Waals surface area contributed by atoms with Crippen LogP contribution in [-0.2, 0) is 20.9 Å². The van der Waals surface area contributed by atoms with E-state index < -0.39 is 30.0 Å². The van der Waals surface area contributed by atoms with Crippen molar-refractivity contribution in [2.24, 2.45) is 16.5 Å². The molecule has 0 radical (unpaired) electrons. The highest BCUT2D eigenvalue weighted by Gasteiger charge is 2.36. The predicted octanol–water partition coefficient (Wildman–Crippen LogP) is 5.32. The van der Waals surface area contributed by atoms with E-state index in [1.807, 2.05) is 48.5 Å². The molecule has 12 heteroatoms. The Balaban J connectivity index is 0.936.